The molecule has 0 amide bonds. The zero-order chi connectivity index (χ0) is 16.1. The third-order valence-electron chi connectivity index (χ3n) is 4.33. The number of aliphatic imine (C=N–C) groups is 1. The van der Waals surface area contributed by atoms with Crippen LogP contribution in [0.15, 0.2) is 23.2 Å². The van der Waals surface area contributed by atoms with Crippen LogP contribution in [0.2, 0.25) is 0 Å². The molecule has 24 heavy (non-hydrogen) atoms. The van der Waals surface area contributed by atoms with E-state index in [1.807, 2.05) is 7.05 Å². The van der Waals surface area contributed by atoms with E-state index in [0.717, 1.165) is 42.8 Å². The summed E-state index contributed by atoms with van der Waals surface area (Å²) >= 11 is 0. The van der Waals surface area contributed by atoms with Gasteiger partial charge in [-0.05, 0) is 37.3 Å². The first-order valence-electron chi connectivity index (χ1n) is 8.53. The molecule has 1 aliphatic carbocycles. The van der Waals surface area contributed by atoms with Crippen LogP contribution in [0.4, 0.5) is 0 Å². The summed E-state index contributed by atoms with van der Waals surface area (Å²) in [4.78, 5) is 4.29. The lowest BCUT2D eigenvalue weighted by molar-refractivity contribution is 0.140. The molecule has 0 spiro atoms. The van der Waals surface area contributed by atoms with Gasteiger partial charge in [-0.15, -0.1) is 24.0 Å². The summed E-state index contributed by atoms with van der Waals surface area (Å²) in [5.41, 5.74) is 2.36. The molecule has 3 rings (SSSR count). The second-order valence-corrected chi connectivity index (χ2v) is 6.46. The second kappa shape index (κ2) is 9.46. The minimum atomic E-state index is 0. The number of ether oxygens (including phenoxy) is 2. The van der Waals surface area contributed by atoms with Crippen LogP contribution < -0.4 is 15.4 Å². The number of benzene rings is 1. The number of rotatable bonds is 6. The molecule has 1 unspecified atom stereocenters. The van der Waals surface area contributed by atoms with Crippen molar-refractivity contribution in [1.82, 2.24) is 10.6 Å². The van der Waals surface area contributed by atoms with Gasteiger partial charge in [0.2, 0.25) is 0 Å². The van der Waals surface area contributed by atoms with Crippen LogP contribution in [0.1, 0.15) is 30.4 Å². The summed E-state index contributed by atoms with van der Waals surface area (Å²) in [6.07, 6.45) is 3.81. The number of nitrogens with one attached hydrogen (secondary N) is 2. The molecule has 1 aliphatic heterocycles. The number of halogens is 1. The van der Waals surface area contributed by atoms with E-state index >= 15 is 0 Å². The Kier molecular flexibility index (Phi) is 7.61. The molecule has 6 heteroatoms. The van der Waals surface area contributed by atoms with Gasteiger partial charge in [-0.2, -0.15) is 0 Å². The smallest absolute Gasteiger partial charge is 0.191 e. The maximum atomic E-state index is 6.14. The standard InChI is InChI=1S/C18H27N3O2.HI/c1-13-3-6-15(17(9-13)23-16-7-8-22-12-16)11-21-18(19-2)20-10-14-4-5-14;/h3,6,9,14,16H,4-5,7-8,10-12H2,1-2H3,(H2,19,20,21);1H. The zero-order valence-electron chi connectivity index (χ0n) is 14.5. The molecule has 0 radical (unpaired) electrons. The number of aryl methyl sites for hydroxylation is 1. The summed E-state index contributed by atoms with van der Waals surface area (Å²) < 4.78 is 11.5. The number of nitrogens with zero attached hydrogens (tertiary/aromatic N) is 1. The van der Waals surface area contributed by atoms with Crippen LogP contribution in [-0.2, 0) is 11.3 Å². The average molecular weight is 445 g/mol. The molecule has 1 atom stereocenters. The molecule has 0 bridgehead atoms. The molecule has 2 N–H and O–H groups in total. The molecule has 1 heterocycles. The fourth-order valence-electron chi connectivity index (χ4n) is 2.67. The van der Waals surface area contributed by atoms with E-state index in [1.54, 1.807) is 0 Å². The van der Waals surface area contributed by atoms with Crippen LogP contribution >= 0.6 is 24.0 Å². The minimum Gasteiger partial charge on any atom is -0.488 e. The quantitative estimate of drug-likeness (QED) is 0.402. The highest BCUT2D eigenvalue weighted by atomic mass is 127. The maximum Gasteiger partial charge on any atom is 0.191 e. The van der Waals surface area contributed by atoms with E-state index in [9.17, 15) is 0 Å². The minimum absolute atomic E-state index is 0. The first-order valence-corrected chi connectivity index (χ1v) is 8.53. The number of hydrogen-bond acceptors (Lipinski definition) is 3. The molecule has 2 aliphatic rings. The van der Waals surface area contributed by atoms with Crippen LogP contribution in [0.5, 0.6) is 5.75 Å². The molecular weight excluding hydrogens is 417 g/mol. The Balaban J connectivity index is 0.00000208. The van der Waals surface area contributed by atoms with Crippen molar-refractivity contribution in [3.05, 3.63) is 29.3 Å². The SMILES string of the molecule is CN=C(NCc1ccc(C)cc1OC1CCOC1)NCC1CC1.I. The predicted octanol–water partition coefficient (Wildman–Crippen LogP) is 2.86. The monoisotopic (exact) mass is 445 g/mol. The Hall–Kier alpha value is -1.02. The summed E-state index contributed by atoms with van der Waals surface area (Å²) in [5, 5.41) is 6.76. The Morgan fingerprint density at radius 2 is 2.12 bits per heavy atom. The summed E-state index contributed by atoms with van der Waals surface area (Å²) in [6.45, 7) is 5.28. The van der Waals surface area contributed by atoms with Crippen molar-refractivity contribution in [2.45, 2.75) is 38.8 Å². The second-order valence-electron chi connectivity index (χ2n) is 6.46. The van der Waals surface area contributed by atoms with Gasteiger partial charge in [0.1, 0.15) is 11.9 Å². The van der Waals surface area contributed by atoms with Gasteiger partial charge in [0, 0.05) is 32.1 Å². The molecule has 5 nitrogen and oxygen atoms in total. The van der Waals surface area contributed by atoms with E-state index in [1.165, 1.54) is 18.4 Å². The average Bonchev–Trinajstić information content (AvgIpc) is 3.24. The maximum absolute atomic E-state index is 6.14. The van der Waals surface area contributed by atoms with Gasteiger partial charge in [0.25, 0.3) is 0 Å². The summed E-state index contributed by atoms with van der Waals surface area (Å²) in [7, 11) is 1.81. The first kappa shape index (κ1) is 19.3. The molecule has 1 aromatic carbocycles. The van der Waals surface area contributed by atoms with Gasteiger partial charge >= 0.3 is 0 Å². The van der Waals surface area contributed by atoms with Crippen molar-refractivity contribution >= 4 is 29.9 Å². The molecular formula is C18H28IN3O2. The van der Waals surface area contributed by atoms with Crippen molar-refractivity contribution in [3.8, 4) is 5.75 Å². The van der Waals surface area contributed by atoms with Crippen molar-refractivity contribution in [3.63, 3.8) is 0 Å². The lowest BCUT2D eigenvalue weighted by Crippen LogP contribution is -2.38. The highest BCUT2D eigenvalue weighted by Crippen LogP contribution is 2.27. The van der Waals surface area contributed by atoms with E-state index in [-0.39, 0.29) is 30.1 Å². The Morgan fingerprint density at radius 3 is 2.79 bits per heavy atom. The molecule has 134 valence electrons. The Labute approximate surface area is 161 Å². The van der Waals surface area contributed by atoms with Crippen molar-refractivity contribution in [2.75, 3.05) is 26.8 Å². The van der Waals surface area contributed by atoms with Gasteiger partial charge in [0.15, 0.2) is 5.96 Å². The van der Waals surface area contributed by atoms with E-state index < -0.39 is 0 Å². The Morgan fingerprint density at radius 1 is 1.29 bits per heavy atom. The van der Waals surface area contributed by atoms with Gasteiger partial charge in [-0.25, -0.2) is 0 Å². The van der Waals surface area contributed by atoms with Gasteiger partial charge in [-0.3, -0.25) is 4.99 Å². The molecule has 0 aromatic heterocycles. The topological polar surface area (TPSA) is 54.9 Å². The van der Waals surface area contributed by atoms with E-state index in [0.29, 0.717) is 13.2 Å². The van der Waals surface area contributed by atoms with Crippen molar-refractivity contribution in [1.29, 1.82) is 0 Å². The Bertz CT molecular complexity index is 555. The van der Waals surface area contributed by atoms with Crippen molar-refractivity contribution in [2.24, 2.45) is 10.9 Å². The fraction of sp³-hybridized carbons (Fsp3) is 0.611. The normalized spacial score (nSPS) is 20.4. The predicted molar refractivity (Wildman–Crippen MR) is 107 cm³/mol. The van der Waals surface area contributed by atoms with Crippen LogP contribution in [-0.4, -0.2) is 38.9 Å². The molecule has 1 aromatic rings. The van der Waals surface area contributed by atoms with Gasteiger partial charge in [-0.1, -0.05) is 12.1 Å². The highest BCUT2D eigenvalue weighted by molar-refractivity contribution is 14.0. The van der Waals surface area contributed by atoms with Gasteiger partial charge < -0.3 is 20.1 Å². The van der Waals surface area contributed by atoms with Crippen LogP contribution in [0, 0.1) is 12.8 Å². The third kappa shape index (κ3) is 5.81. The zero-order valence-corrected chi connectivity index (χ0v) is 16.8. The van der Waals surface area contributed by atoms with E-state index in [2.05, 4.69) is 40.7 Å². The summed E-state index contributed by atoms with van der Waals surface area (Å²) in [6, 6.07) is 6.35. The summed E-state index contributed by atoms with van der Waals surface area (Å²) in [5.74, 6) is 2.63. The number of guanidine groups is 1. The third-order valence-corrected chi connectivity index (χ3v) is 4.33. The lowest BCUT2D eigenvalue weighted by atomic mass is 10.1. The van der Waals surface area contributed by atoms with Crippen LogP contribution in [0.25, 0.3) is 0 Å². The molecule has 2 fully saturated rings. The molecule has 1 saturated carbocycles. The van der Waals surface area contributed by atoms with E-state index in [4.69, 9.17) is 9.47 Å². The lowest BCUT2D eigenvalue weighted by Gasteiger charge is -2.18. The largest absolute Gasteiger partial charge is 0.488 e. The fourth-order valence-corrected chi connectivity index (χ4v) is 2.67. The highest BCUT2D eigenvalue weighted by Gasteiger charge is 2.21. The van der Waals surface area contributed by atoms with Crippen molar-refractivity contribution < 1.29 is 9.47 Å². The molecule has 1 saturated heterocycles. The first-order chi connectivity index (χ1) is 11.2. The number of hydrogen-bond donors (Lipinski definition) is 2. The van der Waals surface area contributed by atoms with Gasteiger partial charge in [0.05, 0.1) is 13.2 Å². The van der Waals surface area contributed by atoms with Crippen LogP contribution in [0.3, 0.4) is 0 Å².